The summed E-state index contributed by atoms with van der Waals surface area (Å²) in [6, 6.07) is 17.0. The van der Waals surface area contributed by atoms with E-state index in [9.17, 15) is 4.79 Å². The quantitative estimate of drug-likeness (QED) is 0.734. The van der Waals surface area contributed by atoms with Gasteiger partial charge < -0.3 is 10.1 Å². The van der Waals surface area contributed by atoms with Crippen molar-refractivity contribution in [1.29, 1.82) is 0 Å². The number of benzene rings is 2. The standard InChI is InChI=1S/C21H20ClN3O2/c22-18-8-6-16(7-9-18)21(26)23-12-19-20-17(10-11-27-19)14-25(24-20)13-15-4-2-1-3-5-15/h1-9,14,19H,10-13H2,(H,23,26). The largest absolute Gasteiger partial charge is 0.370 e. The molecule has 0 bridgehead atoms. The molecule has 4 rings (SSSR count). The minimum Gasteiger partial charge on any atom is -0.370 e. The summed E-state index contributed by atoms with van der Waals surface area (Å²) in [5.74, 6) is -0.147. The molecular weight excluding hydrogens is 362 g/mol. The van der Waals surface area contributed by atoms with Gasteiger partial charge in [-0.1, -0.05) is 41.9 Å². The fourth-order valence-corrected chi connectivity index (χ4v) is 3.35. The zero-order valence-corrected chi connectivity index (χ0v) is 15.5. The molecule has 1 aliphatic rings. The van der Waals surface area contributed by atoms with Crippen LogP contribution in [0.25, 0.3) is 0 Å². The van der Waals surface area contributed by atoms with Gasteiger partial charge in [-0.2, -0.15) is 5.10 Å². The van der Waals surface area contributed by atoms with Crippen LogP contribution >= 0.6 is 11.6 Å². The normalized spacial score (nSPS) is 16.0. The third-order valence-electron chi connectivity index (χ3n) is 4.61. The highest BCUT2D eigenvalue weighted by Crippen LogP contribution is 2.25. The molecule has 0 saturated carbocycles. The van der Waals surface area contributed by atoms with Crippen LogP contribution in [0, 0.1) is 0 Å². The molecule has 1 aliphatic heterocycles. The van der Waals surface area contributed by atoms with Crippen molar-refractivity contribution in [3.63, 3.8) is 0 Å². The second kappa shape index (κ2) is 7.94. The molecule has 5 nitrogen and oxygen atoms in total. The van der Waals surface area contributed by atoms with E-state index in [-0.39, 0.29) is 12.0 Å². The molecule has 0 saturated heterocycles. The summed E-state index contributed by atoms with van der Waals surface area (Å²) in [7, 11) is 0. The first-order valence-corrected chi connectivity index (χ1v) is 9.32. The van der Waals surface area contributed by atoms with Gasteiger partial charge in [0.2, 0.25) is 0 Å². The number of nitrogens with one attached hydrogen (secondary N) is 1. The first kappa shape index (κ1) is 17.8. The molecule has 1 unspecified atom stereocenters. The maximum atomic E-state index is 12.3. The predicted octanol–water partition coefficient (Wildman–Crippen LogP) is 3.63. The lowest BCUT2D eigenvalue weighted by Crippen LogP contribution is -2.31. The van der Waals surface area contributed by atoms with E-state index < -0.39 is 0 Å². The number of fused-ring (bicyclic) bond motifs is 1. The third-order valence-corrected chi connectivity index (χ3v) is 4.86. The number of hydrogen-bond acceptors (Lipinski definition) is 3. The van der Waals surface area contributed by atoms with Gasteiger partial charge in [0.25, 0.3) is 5.91 Å². The molecule has 1 atom stereocenters. The van der Waals surface area contributed by atoms with Gasteiger partial charge in [0.15, 0.2) is 0 Å². The average Bonchev–Trinajstić information content (AvgIpc) is 3.10. The second-order valence-electron chi connectivity index (χ2n) is 6.55. The molecule has 0 radical (unpaired) electrons. The van der Waals surface area contributed by atoms with Gasteiger partial charge in [-0.25, -0.2) is 0 Å². The summed E-state index contributed by atoms with van der Waals surface area (Å²) in [5, 5.41) is 8.25. The van der Waals surface area contributed by atoms with Crippen LogP contribution in [0.2, 0.25) is 5.02 Å². The molecule has 1 aromatic heterocycles. The summed E-state index contributed by atoms with van der Waals surface area (Å²) >= 11 is 5.87. The summed E-state index contributed by atoms with van der Waals surface area (Å²) in [6.07, 6.45) is 2.69. The molecule has 0 spiro atoms. The number of ether oxygens (including phenoxy) is 1. The van der Waals surface area contributed by atoms with E-state index in [4.69, 9.17) is 21.4 Å². The Morgan fingerprint density at radius 3 is 2.74 bits per heavy atom. The predicted molar refractivity (Wildman–Crippen MR) is 104 cm³/mol. The van der Waals surface area contributed by atoms with E-state index in [1.54, 1.807) is 24.3 Å². The van der Waals surface area contributed by atoms with E-state index in [1.165, 1.54) is 11.1 Å². The topological polar surface area (TPSA) is 56.1 Å². The van der Waals surface area contributed by atoms with E-state index >= 15 is 0 Å². The Bertz CT molecular complexity index is 922. The maximum Gasteiger partial charge on any atom is 0.251 e. The van der Waals surface area contributed by atoms with Crippen LogP contribution in [0.15, 0.2) is 60.8 Å². The van der Waals surface area contributed by atoms with Crippen LogP contribution in [0.4, 0.5) is 0 Å². The number of nitrogens with zero attached hydrogens (tertiary/aromatic N) is 2. The number of hydrogen-bond donors (Lipinski definition) is 1. The molecule has 1 amide bonds. The molecule has 2 aromatic carbocycles. The number of aromatic nitrogens is 2. The minimum atomic E-state index is -0.234. The highest BCUT2D eigenvalue weighted by molar-refractivity contribution is 6.30. The van der Waals surface area contributed by atoms with Crippen molar-refractivity contribution in [2.75, 3.05) is 13.2 Å². The van der Waals surface area contributed by atoms with E-state index in [1.807, 2.05) is 22.9 Å². The van der Waals surface area contributed by atoms with Crippen LogP contribution in [-0.4, -0.2) is 28.8 Å². The Balaban J connectivity index is 1.43. The van der Waals surface area contributed by atoms with Gasteiger partial charge >= 0.3 is 0 Å². The number of carbonyl (C=O) groups excluding carboxylic acids is 1. The van der Waals surface area contributed by atoms with Crippen LogP contribution in [0.1, 0.15) is 33.3 Å². The monoisotopic (exact) mass is 381 g/mol. The number of halogens is 1. The van der Waals surface area contributed by atoms with E-state index in [0.717, 1.165) is 18.7 Å². The summed E-state index contributed by atoms with van der Waals surface area (Å²) < 4.78 is 7.81. The Hall–Kier alpha value is -2.63. The molecule has 27 heavy (non-hydrogen) atoms. The van der Waals surface area contributed by atoms with Crippen molar-refractivity contribution in [2.24, 2.45) is 0 Å². The fourth-order valence-electron chi connectivity index (χ4n) is 3.23. The van der Waals surface area contributed by atoms with Crippen molar-refractivity contribution >= 4 is 17.5 Å². The lowest BCUT2D eigenvalue weighted by atomic mass is 10.1. The number of rotatable bonds is 5. The van der Waals surface area contributed by atoms with Crippen molar-refractivity contribution in [3.05, 3.63) is 88.2 Å². The summed E-state index contributed by atoms with van der Waals surface area (Å²) in [5.41, 5.74) is 3.87. The van der Waals surface area contributed by atoms with Crippen LogP contribution in [0.3, 0.4) is 0 Å². The fraction of sp³-hybridized carbons (Fsp3) is 0.238. The minimum absolute atomic E-state index is 0.147. The molecule has 0 aliphatic carbocycles. The third kappa shape index (κ3) is 4.21. The van der Waals surface area contributed by atoms with Crippen LogP contribution in [-0.2, 0) is 17.7 Å². The van der Waals surface area contributed by atoms with Crippen molar-refractivity contribution in [2.45, 2.75) is 19.1 Å². The molecule has 0 fully saturated rings. The number of amides is 1. The number of carbonyl (C=O) groups is 1. The van der Waals surface area contributed by atoms with E-state index in [2.05, 4.69) is 23.6 Å². The van der Waals surface area contributed by atoms with Gasteiger partial charge in [0.1, 0.15) is 6.10 Å². The van der Waals surface area contributed by atoms with Gasteiger partial charge in [0.05, 0.1) is 18.8 Å². The van der Waals surface area contributed by atoms with Crippen molar-refractivity contribution < 1.29 is 9.53 Å². The molecular formula is C21H20ClN3O2. The SMILES string of the molecule is O=C(NCC1OCCc2cn(Cc3ccccc3)nc21)c1ccc(Cl)cc1. The van der Waals surface area contributed by atoms with Crippen molar-refractivity contribution in [1.82, 2.24) is 15.1 Å². The van der Waals surface area contributed by atoms with Crippen LogP contribution < -0.4 is 5.32 Å². The molecule has 2 heterocycles. The zero-order chi connectivity index (χ0) is 18.6. The zero-order valence-electron chi connectivity index (χ0n) is 14.8. The Kier molecular flexibility index (Phi) is 5.23. The second-order valence-corrected chi connectivity index (χ2v) is 6.99. The molecule has 138 valence electrons. The maximum absolute atomic E-state index is 12.3. The van der Waals surface area contributed by atoms with Crippen LogP contribution in [0.5, 0.6) is 0 Å². The average molecular weight is 382 g/mol. The van der Waals surface area contributed by atoms with E-state index in [0.29, 0.717) is 23.7 Å². The first-order valence-electron chi connectivity index (χ1n) is 8.94. The highest BCUT2D eigenvalue weighted by atomic mass is 35.5. The molecule has 6 heteroatoms. The molecule has 3 aromatic rings. The Labute approximate surface area is 162 Å². The van der Waals surface area contributed by atoms with Gasteiger partial charge in [-0.05, 0) is 41.8 Å². The Morgan fingerprint density at radius 2 is 1.96 bits per heavy atom. The van der Waals surface area contributed by atoms with Gasteiger partial charge in [-0.3, -0.25) is 9.48 Å². The molecule has 1 N–H and O–H groups in total. The lowest BCUT2D eigenvalue weighted by molar-refractivity contribution is 0.0383. The summed E-state index contributed by atoms with van der Waals surface area (Å²) in [4.78, 5) is 12.3. The van der Waals surface area contributed by atoms with Gasteiger partial charge in [-0.15, -0.1) is 0 Å². The summed E-state index contributed by atoms with van der Waals surface area (Å²) in [6.45, 7) is 1.74. The van der Waals surface area contributed by atoms with Gasteiger partial charge in [0, 0.05) is 23.3 Å². The Morgan fingerprint density at radius 1 is 1.19 bits per heavy atom. The first-order chi connectivity index (χ1) is 13.2. The van der Waals surface area contributed by atoms with Crippen molar-refractivity contribution in [3.8, 4) is 0 Å². The lowest BCUT2D eigenvalue weighted by Gasteiger charge is -2.22. The smallest absolute Gasteiger partial charge is 0.251 e. The highest BCUT2D eigenvalue weighted by Gasteiger charge is 2.25.